The molecule has 1 saturated heterocycles. The molecule has 0 bridgehead atoms. The average Bonchev–Trinajstić information content (AvgIpc) is 2.67. The zero-order valence-electron chi connectivity index (χ0n) is 15.1. The molecule has 2 aromatic rings. The number of nitrogens with one attached hydrogen (secondary N) is 1. The summed E-state index contributed by atoms with van der Waals surface area (Å²) >= 11 is 0. The van der Waals surface area contributed by atoms with Crippen molar-refractivity contribution in [3.05, 3.63) is 71.3 Å². The van der Waals surface area contributed by atoms with Crippen LogP contribution in [-0.4, -0.2) is 25.7 Å². The van der Waals surface area contributed by atoms with Crippen LogP contribution >= 0.6 is 12.4 Å². The Morgan fingerprint density at radius 2 is 1.73 bits per heavy atom. The fourth-order valence-electron chi connectivity index (χ4n) is 3.41. The molecule has 1 aliphatic rings. The minimum Gasteiger partial charge on any atom is -0.381 e. The van der Waals surface area contributed by atoms with Crippen molar-refractivity contribution in [3.63, 3.8) is 0 Å². The third-order valence-electron chi connectivity index (χ3n) is 5.16. The Balaban J connectivity index is 0.00000243. The number of carbonyl (C=O) groups excluding carboxylic acids is 1. The molecule has 0 saturated carbocycles. The Kier molecular flexibility index (Phi) is 7.21. The molecule has 0 radical (unpaired) electrons. The van der Waals surface area contributed by atoms with Crippen LogP contribution in [0.25, 0.3) is 0 Å². The number of halogens is 1. The summed E-state index contributed by atoms with van der Waals surface area (Å²) in [5.41, 5.74) is 9.31. The lowest BCUT2D eigenvalue weighted by Crippen LogP contribution is -2.46. The number of ether oxygens (including phenoxy) is 1. The van der Waals surface area contributed by atoms with Gasteiger partial charge in [-0.1, -0.05) is 60.2 Å². The van der Waals surface area contributed by atoms with Crippen molar-refractivity contribution in [1.29, 1.82) is 0 Å². The van der Waals surface area contributed by atoms with E-state index >= 15 is 0 Å². The summed E-state index contributed by atoms with van der Waals surface area (Å²) < 4.78 is 5.54. The second kappa shape index (κ2) is 9.17. The summed E-state index contributed by atoms with van der Waals surface area (Å²) in [6, 6.07) is 17.5. The first-order valence-electron chi connectivity index (χ1n) is 8.84. The summed E-state index contributed by atoms with van der Waals surface area (Å²) in [6.45, 7) is 4.03. The molecule has 5 heteroatoms. The lowest BCUT2D eigenvalue weighted by Gasteiger charge is -2.38. The minimum atomic E-state index is -0.645. The maximum atomic E-state index is 12.6. The van der Waals surface area contributed by atoms with Crippen molar-refractivity contribution in [1.82, 2.24) is 5.32 Å². The summed E-state index contributed by atoms with van der Waals surface area (Å²) in [5, 5.41) is 3.09. The van der Waals surface area contributed by atoms with Gasteiger partial charge >= 0.3 is 0 Å². The van der Waals surface area contributed by atoms with Crippen LogP contribution in [0.1, 0.15) is 35.6 Å². The fourth-order valence-corrected chi connectivity index (χ4v) is 3.41. The highest BCUT2D eigenvalue weighted by molar-refractivity contribution is 5.85. The van der Waals surface area contributed by atoms with E-state index in [0.717, 1.165) is 37.2 Å². The van der Waals surface area contributed by atoms with Gasteiger partial charge in [-0.3, -0.25) is 4.79 Å². The highest BCUT2D eigenvalue weighted by Crippen LogP contribution is 2.34. The maximum Gasteiger partial charge on any atom is 0.241 e. The molecule has 4 nitrogen and oxygen atoms in total. The monoisotopic (exact) mass is 374 g/mol. The Morgan fingerprint density at radius 1 is 1.12 bits per heavy atom. The average molecular weight is 375 g/mol. The number of amides is 1. The van der Waals surface area contributed by atoms with Crippen LogP contribution in [0.2, 0.25) is 0 Å². The first kappa shape index (κ1) is 20.4. The zero-order valence-corrected chi connectivity index (χ0v) is 15.9. The molecule has 1 aliphatic heterocycles. The van der Waals surface area contributed by atoms with E-state index in [1.165, 1.54) is 5.56 Å². The molecule has 1 unspecified atom stereocenters. The van der Waals surface area contributed by atoms with Crippen molar-refractivity contribution in [2.24, 2.45) is 5.73 Å². The van der Waals surface area contributed by atoms with E-state index in [2.05, 4.69) is 17.4 Å². The number of rotatable bonds is 5. The molecule has 0 spiro atoms. The lowest BCUT2D eigenvalue weighted by atomic mass is 9.74. The summed E-state index contributed by atoms with van der Waals surface area (Å²) in [4.78, 5) is 12.6. The molecule has 26 heavy (non-hydrogen) atoms. The second-order valence-electron chi connectivity index (χ2n) is 6.86. The zero-order chi connectivity index (χ0) is 17.7. The molecule has 3 rings (SSSR count). The molecule has 3 N–H and O–H groups in total. The molecular formula is C21H27ClN2O2. The minimum absolute atomic E-state index is 0. The number of hydrogen-bond donors (Lipinski definition) is 2. The van der Waals surface area contributed by atoms with Crippen LogP contribution in [0.4, 0.5) is 0 Å². The van der Waals surface area contributed by atoms with Crippen molar-refractivity contribution < 1.29 is 9.53 Å². The molecular weight excluding hydrogens is 348 g/mol. The molecule has 0 aromatic heterocycles. The quantitative estimate of drug-likeness (QED) is 0.844. The van der Waals surface area contributed by atoms with Crippen LogP contribution < -0.4 is 11.1 Å². The van der Waals surface area contributed by atoms with E-state index in [0.29, 0.717) is 6.54 Å². The molecule has 1 fully saturated rings. The largest absolute Gasteiger partial charge is 0.381 e. The van der Waals surface area contributed by atoms with Gasteiger partial charge in [-0.15, -0.1) is 12.4 Å². The van der Waals surface area contributed by atoms with Crippen molar-refractivity contribution in [2.75, 3.05) is 19.8 Å². The molecule has 1 atom stereocenters. The van der Waals surface area contributed by atoms with E-state index in [4.69, 9.17) is 10.5 Å². The second-order valence-corrected chi connectivity index (χ2v) is 6.86. The number of benzene rings is 2. The van der Waals surface area contributed by atoms with Gasteiger partial charge in [0.2, 0.25) is 5.91 Å². The standard InChI is InChI=1S/C21H26N2O2.ClH/c1-16-7-9-17(10-8-16)19(22)20(24)23-15-21(11-13-25-14-12-21)18-5-3-2-4-6-18;/h2-10,19H,11-15,22H2,1H3,(H,23,24);1H. The fraction of sp³-hybridized carbons (Fsp3) is 0.381. The van der Waals surface area contributed by atoms with Crippen LogP contribution in [0.3, 0.4) is 0 Å². The van der Waals surface area contributed by atoms with Crippen molar-refractivity contribution in [2.45, 2.75) is 31.2 Å². The SMILES string of the molecule is Cc1ccc(C(N)C(=O)NCC2(c3ccccc3)CCOCC2)cc1.Cl. The summed E-state index contributed by atoms with van der Waals surface area (Å²) in [5.74, 6) is -0.134. The molecule has 140 valence electrons. The number of carbonyl (C=O) groups is 1. The first-order chi connectivity index (χ1) is 12.1. The molecule has 1 heterocycles. The van der Waals surface area contributed by atoms with Gasteiger partial charge in [0.05, 0.1) is 0 Å². The summed E-state index contributed by atoms with van der Waals surface area (Å²) in [6.07, 6.45) is 1.80. The summed E-state index contributed by atoms with van der Waals surface area (Å²) in [7, 11) is 0. The smallest absolute Gasteiger partial charge is 0.241 e. The van der Waals surface area contributed by atoms with Gasteiger partial charge in [-0.25, -0.2) is 0 Å². The van der Waals surface area contributed by atoms with Gasteiger partial charge in [0.25, 0.3) is 0 Å². The van der Waals surface area contributed by atoms with Gasteiger partial charge in [0.15, 0.2) is 0 Å². The normalized spacial score (nSPS) is 17.0. The van der Waals surface area contributed by atoms with E-state index in [1.807, 2.05) is 49.4 Å². The van der Waals surface area contributed by atoms with Crippen LogP contribution in [0, 0.1) is 6.92 Å². The topological polar surface area (TPSA) is 64.4 Å². The Hall–Kier alpha value is -1.88. The first-order valence-corrected chi connectivity index (χ1v) is 8.84. The molecule has 2 aromatic carbocycles. The number of nitrogens with two attached hydrogens (primary N) is 1. The highest BCUT2D eigenvalue weighted by Gasteiger charge is 2.35. The predicted molar refractivity (Wildman–Crippen MR) is 107 cm³/mol. The van der Waals surface area contributed by atoms with Crippen molar-refractivity contribution in [3.8, 4) is 0 Å². The van der Waals surface area contributed by atoms with Crippen molar-refractivity contribution >= 4 is 18.3 Å². The molecule has 1 amide bonds. The van der Waals surface area contributed by atoms with Crippen LogP contribution in [0.5, 0.6) is 0 Å². The van der Waals surface area contributed by atoms with Gasteiger partial charge in [-0.05, 0) is 30.9 Å². The third kappa shape index (κ3) is 4.64. The Labute approximate surface area is 161 Å². The number of hydrogen-bond acceptors (Lipinski definition) is 3. The van der Waals surface area contributed by atoms with Crippen LogP contribution in [0.15, 0.2) is 54.6 Å². The number of aryl methyl sites for hydroxylation is 1. The van der Waals surface area contributed by atoms with Crippen LogP contribution in [-0.2, 0) is 14.9 Å². The maximum absolute atomic E-state index is 12.6. The van der Waals surface area contributed by atoms with E-state index in [-0.39, 0.29) is 23.7 Å². The Bertz CT molecular complexity index is 698. The van der Waals surface area contributed by atoms with Gasteiger partial charge < -0.3 is 15.8 Å². The lowest BCUT2D eigenvalue weighted by molar-refractivity contribution is -0.123. The van der Waals surface area contributed by atoms with Gasteiger partial charge in [0, 0.05) is 25.2 Å². The van der Waals surface area contributed by atoms with E-state index in [1.54, 1.807) is 0 Å². The van der Waals surface area contributed by atoms with Gasteiger partial charge in [0.1, 0.15) is 6.04 Å². The van der Waals surface area contributed by atoms with E-state index in [9.17, 15) is 4.79 Å². The highest BCUT2D eigenvalue weighted by atomic mass is 35.5. The van der Waals surface area contributed by atoms with E-state index < -0.39 is 6.04 Å². The predicted octanol–water partition coefficient (Wildman–Crippen LogP) is 3.28. The molecule has 0 aliphatic carbocycles. The Morgan fingerprint density at radius 3 is 2.35 bits per heavy atom. The van der Waals surface area contributed by atoms with Gasteiger partial charge in [-0.2, -0.15) is 0 Å². The third-order valence-corrected chi connectivity index (χ3v) is 5.16.